The summed E-state index contributed by atoms with van der Waals surface area (Å²) in [5.74, 6) is -1.09. The predicted octanol–water partition coefficient (Wildman–Crippen LogP) is 0.461. The van der Waals surface area contributed by atoms with Gasteiger partial charge in [-0.25, -0.2) is 4.79 Å². The molecule has 2 rings (SSSR count). The Balaban J connectivity index is 2.00. The lowest BCUT2D eigenvalue weighted by atomic mass is 10.0. The zero-order valence-corrected chi connectivity index (χ0v) is 7.06. The number of aliphatic carboxylic acids is 1. The first-order valence-electron chi connectivity index (χ1n) is 4.26. The molecular formula is C8H11NO4. The first-order chi connectivity index (χ1) is 6.05. The van der Waals surface area contributed by atoms with Crippen LogP contribution in [-0.2, 0) is 4.79 Å². The van der Waals surface area contributed by atoms with Crippen LogP contribution in [0.5, 0.6) is 0 Å². The fourth-order valence-corrected chi connectivity index (χ4v) is 2.21. The number of carbonyl (C=O) groups is 2. The molecule has 0 aromatic rings. The molecule has 0 aromatic carbocycles. The summed E-state index contributed by atoms with van der Waals surface area (Å²) in [6, 6.07) is 0. The Morgan fingerprint density at radius 3 is 2.46 bits per heavy atom. The lowest BCUT2D eigenvalue weighted by Gasteiger charge is -2.10. The summed E-state index contributed by atoms with van der Waals surface area (Å²) in [5.41, 5.74) is -0.218. The van der Waals surface area contributed by atoms with Crippen molar-refractivity contribution >= 4 is 12.1 Å². The number of hydrogen-bond acceptors (Lipinski definition) is 2. The summed E-state index contributed by atoms with van der Waals surface area (Å²) < 4.78 is 0. The number of carboxylic acid groups (broad SMARTS) is 2. The van der Waals surface area contributed by atoms with Crippen molar-refractivity contribution in [3.8, 4) is 0 Å². The molecule has 2 fully saturated rings. The van der Waals surface area contributed by atoms with Gasteiger partial charge in [0.05, 0.1) is 5.92 Å². The van der Waals surface area contributed by atoms with Gasteiger partial charge >= 0.3 is 12.1 Å². The summed E-state index contributed by atoms with van der Waals surface area (Å²) in [6.45, 7) is 0.887. The van der Waals surface area contributed by atoms with Crippen LogP contribution in [0.1, 0.15) is 12.8 Å². The van der Waals surface area contributed by atoms with E-state index in [4.69, 9.17) is 10.2 Å². The van der Waals surface area contributed by atoms with Crippen molar-refractivity contribution in [3.05, 3.63) is 0 Å². The molecular weight excluding hydrogens is 174 g/mol. The maximum absolute atomic E-state index is 10.6. The van der Waals surface area contributed by atoms with Gasteiger partial charge in [0.2, 0.25) is 0 Å². The van der Waals surface area contributed by atoms with Gasteiger partial charge in [-0.3, -0.25) is 4.79 Å². The van der Waals surface area contributed by atoms with E-state index < -0.39 is 12.1 Å². The molecule has 0 radical (unpaired) electrons. The molecule has 2 aliphatic rings. The molecule has 13 heavy (non-hydrogen) atoms. The smallest absolute Gasteiger partial charge is 0.407 e. The lowest BCUT2D eigenvalue weighted by molar-refractivity contribution is -0.139. The minimum absolute atomic E-state index is 0.218. The van der Waals surface area contributed by atoms with Gasteiger partial charge in [-0.2, -0.15) is 0 Å². The van der Waals surface area contributed by atoms with Crippen LogP contribution in [0.15, 0.2) is 0 Å². The van der Waals surface area contributed by atoms with Crippen molar-refractivity contribution in [2.24, 2.45) is 11.3 Å². The van der Waals surface area contributed by atoms with E-state index in [1.807, 2.05) is 0 Å². The Labute approximate surface area is 75.0 Å². The summed E-state index contributed by atoms with van der Waals surface area (Å²) in [4.78, 5) is 22.5. The molecule has 5 heteroatoms. The summed E-state index contributed by atoms with van der Waals surface area (Å²) in [7, 11) is 0. The molecule has 1 amide bonds. The van der Waals surface area contributed by atoms with Crippen molar-refractivity contribution in [3.63, 3.8) is 0 Å². The molecule has 1 spiro atoms. The second-order valence-electron chi connectivity index (χ2n) is 3.91. The van der Waals surface area contributed by atoms with Crippen LogP contribution in [0.3, 0.4) is 0 Å². The van der Waals surface area contributed by atoms with Crippen molar-refractivity contribution in [2.45, 2.75) is 12.8 Å². The maximum atomic E-state index is 10.6. The van der Waals surface area contributed by atoms with E-state index in [2.05, 4.69) is 0 Å². The molecule has 1 heterocycles. The number of nitrogens with zero attached hydrogens (tertiary/aromatic N) is 1. The van der Waals surface area contributed by atoms with Gasteiger partial charge in [-0.15, -0.1) is 0 Å². The monoisotopic (exact) mass is 185 g/mol. The number of hydrogen-bond donors (Lipinski definition) is 2. The summed E-state index contributed by atoms with van der Waals surface area (Å²) in [6.07, 6.45) is 0.412. The fraction of sp³-hybridized carbons (Fsp3) is 0.750. The van der Waals surface area contributed by atoms with Gasteiger partial charge in [-0.1, -0.05) is 0 Å². The quantitative estimate of drug-likeness (QED) is 0.622. The SMILES string of the molecule is O=C(O)C1CC12CCN(C(=O)O)C2. The molecule has 0 bridgehead atoms. The third kappa shape index (κ3) is 1.15. The van der Waals surface area contributed by atoms with E-state index in [9.17, 15) is 9.59 Å². The molecule has 0 aromatic heterocycles. The normalized spacial score (nSPS) is 36.6. The molecule has 1 aliphatic carbocycles. The van der Waals surface area contributed by atoms with Crippen molar-refractivity contribution in [1.82, 2.24) is 4.90 Å². The van der Waals surface area contributed by atoms with E-state index in [1.54, 1.807) is 0 Å². The highest BCUT2D eigenvalue weighted by Gasteiger charge is 2.61. The Kier molecular flexibility index (Phi) is 1.52. The number of carboxylic acids is 1. The van der Waals surface area contributed by atoms with Crippen LogP contribution in [0.4, 0.5) is 4.79 Å². The highest BCUT2D eigenvalue weighted by molar-refractivity contribution is 5.75. The topological polar surface area (TPSA) is 77.8 Å². The molecule has 2 N–H and O–H groups in total. The second kappa shape index (κ2) is 2.37. The lowest BCUT2D eigenvalue weighted by Crippen LogP contribution is -2.27. The number of rotatable bonds is 1. The van der Waals surface area contributed by atoms with Crippen LogP contribution >= 0.6 is 0 Å². The van der Waals surface area contributed by atoms with Gasteiger partial charge in [0.25, 0.3) is 0 Å². The van der Waals surface area contributed by atoms with Crippen LogP contribution in [0.25, 0.3) is 0 Å². The van der Waals surface area contributed by atoms with Crippen LogP contribution in [0.2, 0.25) is 0 Å². The molecule has 5 nitrogen and oxygen atoms in total. The zero-order chi connectivity index (χ0) is 9.64. The van der Waals surface area contributed by atoms with E-state index in [-0.39, 0.29) is 11.3 Å². The molecule has 2 unspecified atom stereocenters. The Hall–Kier alpha value is -1.26. The van der Waals surface area contributed by atoms with Crippen molar-refractivity contribution in [2.75, 3.05) is 13.1 Å². The van der Waals surface area contributed by atoms with Gasteiger partial charge in [0.15, 0.2) is 0 Å². The number of likely N-dealkylation sites (tertiary alicyclic amines) is 1. The van der Waals surface area contributed by atoms with Gasteiger partial charge < -0.3 is 15.1 Å². The Bertz CT molecular complexity index is 263. The maximum Gasteiger partial charge on any atom is 0.407 e. The highest BCUT2D eigenvalue weighted by atomic mass is 16.4. The van der Waals surface area contributed by atoms with E-state index in [0.717, 1.165) is 0 Å². The fourth-order valence-electron chi connectivity index (χ4n) is 2.21. The first-order valence-corrected chi connectivity index (χ1v) is 4.26. The summed E-state index contributed by atoms with van der Waals surface area (Å²) >= 11 is 0. The number of amides is 1. The van der Waals surface area contributed by atoms with Crippen LogP contribution in [0, 0.1) is 11.3 Å². The van der Waals surface area contributed by atoms with Gasteiger partial charge in [0, 0.05) is 18.5 Å². The van der Waals surface area contributed by atoms with E-state index in [1.165, 1.54) is 4.90 Å². The van der Waals surface area contributed by atoms with Gasteiger partial charge in [0.1, 0.15) is 0 Å². The van der Waals surface area contributed by atoms with E-state index >= 15 is 0 Å². The highest BCUT2D eigenvalue weighted by Crippen LogP contribution is 2.58. The first kappa shape index (κ1) is 8.34. The molecule has 2 atom stereocenters. The second-order valence-corrected chi connectivity index (χ2v) is 3.91. The summed E-state index contributed by atoms with van der Waals surface area (Å²) in [5, 5.41) is 17.4. The average molecular weight is 185 g/mol. The zero-order valence-electron chi connectivity index (χ0n) is 7.06. The van der Waals surface area contributed by atoms with Crippen LogP contribution in [-0.4, -0.2) is 40.3 Å². The van der Waals surface area contributed by atoms with Gasteiger partial charge in [-0.05, 0) is 12.8 Å². The molecule has 1 saturated carbocycles. The Morgan fingerprint density at radius 2 is 2.08 bits per heavy atom. The molecule has 1 saturated heterocycles. The standard InChI is InChI=1S/C8H11NO4/c10-6(11)5-3-8(5)1-2-9(4-8)7(12)13/h5H,1-4H2,(H,10,11)(H,12,13). The molecule has 1 aliphatic heterocycles. The predicted molar refractivity (Wildman–Crippen MR) is 42.4 cm³/mol. The third-order valence-corrected chi connectivity index (χ3v) is 3.14. The largest absolute Gasteiger partial charge is 0.481 e. The van der Waals surface area contributed by atoms with Crippen molar-refractivity contribution < 1.29 is 19.8 Å². The molecule has 72 valence electrons. The Morgan fingerprint density at radius 1 is 1.38 bits per heavy atom. The minimum Gasteiger partial charge on any atom is -0.481 e. The minimum atomic E-state index is -0.937. The van der Waals surface area contributed by atoms with E-state index in [0.29, 0.717) is 25.9 Å². The van der Waals surface area contributed by atoms with Crippen LogP contribution < -0.4 is 0 Å². The van der Waals surface area contributed by atoms with Crippen molar-refractivity contribution in [1.29, 1.82) is 0 Å². The third-order valence-electron chi connectivity index (χ3n) is 3.14. The average Bonchev–Trinajstić information content (AvgIpc) is 2.52.